The van der Waals surface area contributed by atoms with Crippen LogP contribution in [0.2, 0.25) is 0 Å². The van der Waals surface area contributed by atoms with E-state index >= 15 is 4.39 Å². The minimum Gasteiger partial charge on any atom is -0.492 e. The number of carbonyl (C=O) groups is 1. The van der Waals surface area contributed by atoms with Gasteiger partial charge in [0.05, 0.1) is 18.0 Å². The van der Waals surface area contributed by atoms with Gasteiger partial charge in [-0.25, -0.2) is 9.18 Å². The Kier molecular flexibility index (Phi) is 5.40. The van der Waals surface area contributed by atoms with Crippen LogP contribution in [0.3, 0.4) is 0 Å². The monoisotopic (exact) mass is 437 g/mol. The highest BCUT2D eigenvalue weighted by Gasteiger charge is 2.38. The molecule has 3 fully saturated rings. The number of ether oxygens (including phenoxy) is 1. The van der Waals surface area contributed by atoms with Crippen LogP contribution in [0, 0.1) is 11.7 Å². The summed E-state index contributed by atoms with van der Waals surface area (Å²) in [7, 11) is 1.48. The van der Waals surface area contributed by atoms with E-state index in [1.807, 2.05) is 4.90 Å². The second-order valence-corrected chi connectivity index (χ2v) is 8.32. The molecule has 2 aliphatic heterocycles. The van der Waals surface area contributed by atoms with Crippen molar-refractivity contribution in [2.24, 2.45) is 5.92 Å². The van der Waals surface area contributed by atoms with Crippen LogP contribution in [0.5, 0.6) is 5.75 Å². The van der Waals surface area contributed by atoms with Crippen molar-refractivity contribution in [3.63, 3.8) is 0 Å². The Morgan fingerprint density at radius 3 is 2.70 bits per heavy atom. The van der Waals surface area contributed by atoms with Gasteiger partial charge in [0.2, 0.25) is 5.43 Å². The Bertz CT molecular complexity index is 1050. The lowest BCUT2D eigenvalue weighted by Gasteiger charge is -2.25. The zero-order valence-corrected chi connectivity index (χ0v) is 17.5. The molecule has 5 rings (SSSR count). The first kappa shape index (κ1) is 20.9. The fourth-order valence-corrected chi connectivity index (χ4v) is 4.95. The predicted octanol–water partition coefficient (Wildman–Crippen LogP) is 2.79. The number of fused-ring (bicyclic) bond motifs is 2. The molecule has 1 aliphatic carbocycles. The Labute approximate surface area is 179 Å². The molecule has 0 spiro atoms. The molecule has 1 saturated carbocycles. The SMILES string of the molecule is COc1c(N2C[C@@H]3CCCN[C@@H]3C2)c(F)cc2c(=O)c(C(=O)O)cn(C3CC3)c12.Cl. The number of carboxylic acid groups (broad SMARTS) is 1. The number of rotatable bonds is 4. The second-order valence-electron chi connectivity index (χ2n) is 8.32. The van der Waals surface area contributed by atoms with E-state index in [9.17, 15) is 14.7 Å². The summed E-state index contributed by atoms with van der Waals surface area (Å²) in [6, 6.07) is 1.62. The van der Waals surface area contributed by atoms with Crippen LogP contribution in [-0.4, -0.2) is 48.4 Å². The van der Waals surface area contributed by atoms with Gasteiger partial charge in [-0.3, -0.25) is 4.79 Å². The number of benzene rings is 1. The molecule has 30 heavy (non-hydrogen) atoms. The van der Waals surface area contributed by atoms with Crippen molar-refractivity contribution < 1.29 is 19.0 Å². The topological polar surface area (TPSA) is 83.8 Å². The van der Waals surface area contributed by atoms with E-state index in [-0.39, 0.29) is 29.4 Å². The van der Waals surface area contributed by atoms with Crippen LogP contribution in [-0.2, 0) is 0 Å². The number of pyridine rings is 1. The van der Waals surface area contributed by atoms with Gasteiger partial charge in [-0.2, -0.15) is 0 Å². The summed E-state index contributed by atoms with van der Waals surface area (Å²) in [5, 5.41) is 13.0. The van der Waals surface area contributed by atoms with Gasteiger partial charge in [-0.1, -0.05) is 0 Å². The fraction of sp³-hybridized carbons (Fsp3) is 0.524. The fourth-order valence-electron chi connectivity index (χ4n) is 4.95. The predicted molar refractivity (Wildman–Crippen MR) is 114 cm³/mol. The summed E-state index contributed by atoms with van der Waals surface area (Å²) < 4.78 is 22.8. The number of carboxylic acids is 1. The maximum atomic E-state index is 15.3. The number of hydrogen-bond donors (Lipinski definition) is 2. The molecule has 0 amide bonds. The van der Waals surface area contributed by atoms with Gasteiger partial charge in [0.1, 0.15) is 11.3 Å². The van der Waals surface area contributed by atoms with E-state index in [2.05, 4.69) is 5.32 Å². The second kappa shape index (κ2) is 7.74. The van der Waals surface area contributed by atoms with E-state index in [1.54, 1.807) is 4.57 Å². The summed E-state index contributed by atoms with van der Waals surface area (Å²) in [4.78, 5) is 26.4. The molecule has 162 valence electrons. The van der Waals surface area contributed by atoms with Crippen molar-refractivity contribution in [2.45, 2.75) is 37.8 Å². The number of aromatic nitrogens is 1. The largest absolute Gasteiger partial charge is 0.492 e. The van der Waals surface area contributed by atoms with Crippen molar-refractivity contribution in [1.82, 2.24) is 9.88 Å². The van der Waals surface area contributed by atoms with E-state index in [0.717, 1.165) is 38.8 Å². The molecule has 2 atom stereocenters. The molecule has 9 heteroatoms. The number of hydrogen-bond acceptors (Lipinski definition) is 5. The average molecular weight is 438 g/mol. The molecule has 2 aromatic rings. The van der Waals surface area contributed by atoms with E-state index < -0.39 is 17.2 Å². The molecule has 3 aliphatic rings. The molecule has 3 heterocycles. The third-order valence-electron chi connectivity index (χ3n) is 6.49. The molecule has 0 bridgehead atoms. The number of halogens is 2. The normalized spacial score (nSPS) is 23.2. The quantitative estimate of drug-likeness (QED) is 0.765. The Morgan fingerprint density at radius 1 is 1.30 bits per heavy atom. The Hall–Kier alpha value is -2.32. The third kappa shape index (κ3) is 3.22. The molecule has 1 aromatic carbocycles. The first-order valence-electron chi connectivity index (χ1n) is 10.2. The Balaban J connectivity index is 0.00000218. The van der Waals surface area contributed by atoms with Crippen LogP contribution in [0.25, 0.3) is 10.9 Å². The molecular formula is C21H25ClFN3O4. The first-order chi connectivity index (χ1) is 14.0. The molecule has 1 aromatic heterocycles. The summed E-state index contributed by atoms with van der Waals surface area (Å²) in [5.41, 5.74) is -0.155. The maximum absolute atomic E-state index is 15.3. The van der Waals surface area contributed by atoms with Gasteiger partial charge in [0, 0.05) is 31.4 Å². The highest BCUT2D eigenvalue weighted by Crippen LogP contribution is 2.45. The lowest BCUT2D eigenvalue weighted by Crippen LogP contribution is -2.40. The molecule has 0 unspecified atom stereocenters. The van der Waals surface area contributed by atoms with E-state index in [0.29, 0.717) is 35.5 Å². The molecule has 2 N–H and O–H groups in total. The molecule has 2 saturated heterocycles. The standard InChI is InChI=1S/C21H24FN3O4.ClH/c1-29-20-17-13(19(26)14(21(27)28)9-25(17)12-4-5-12)7-15(22)18(20)24-8-11-3-2-6-23-16(11)10-24;/h7,9,11-12,16,23H,2-6,8,10H2,1H3,(H,27,28);1H/t11-,16+;/m0./s1. The lowest BCUT2D eigenvalue weighted by molar-refractivity contribution is 0.0695. The highest BCUT2D eigenvalue weighted by molar-refractivity contribution is 5.97. The molecule has 7 nitrogen and oxygen atoms in total. The van der Waals surface area contributed by atoms with Gasteiger partial charge in [0.25, 0.3) is 0 Å². The van der Waals surface area contributed by atoms with Crippen molar-refractivity contribution in [3.8, 4) is 5.75 Å². The van der Waals surface area contributed by atoms with Crippen LogP contribution in [0.15, 0.2) is 17.1 Å². The number of methoxy groups -OCH3 is 1. The van der Waals surface area contributed by atoms with Crippen molar-refractivity contribution in [1.29, 1.82) is 0 Å². The number of nitrogens with one attached hydrogen (secondary N) is 1. The number of nitrogens with zero attached hydrogens (tertiary/aromatic N) is 2. The highest BCUT2D eigenvalue weighted by atomic mass is 35.5. The summed E-state index contributed by atoms with van der Waals surface area (Å²) in [5.74, 6) is -1.07. The van der Waals surface area contributed by atoms with Crippen molar-refractivity contribution in [3.05, 3.63) is 33.9 Å². The van der Waals surface area contributed by atoms with Gasteiger partial charge in [0.15, 0.2) is 11.6 Å². The first-order valence-corrected chi connectivity index (χ1v) is 10.2. The molecule has 0 radical (unpaired) electrons. The minimum atomic E-state index is -1.30. The average Bonchev–Trinajstić information content (AvgIpc) is 3.45. The molecular weight excluding hydrogens is 413 g/mol. The van der Waals surface area contributed by atoms with Gasteiger partial charge >= 0.3 is 5.97 Å². The van der Waals surface area contributed by atoms with E-state index in [1.165, 1.54) is 19.4 Å². The number of piperidine rings is 1. The maximum Gasteiger partial charge on any atom is 0.341 e. The summed E-state index contributed by atoms with van der Waals surface area (Å²) in [6.07, 6.45) is 5.40. The smallest absolute Gasteiger partial charge is 0.341 e. The Morgan fingerprint density at radius 2 is 2.07 bits per heavy atom. The number of anilines is 1. The van der Waals surface area contributed by atoms with Gasteiger partial charge in [-0.05, 0) is 44.2 Å². The van der Waals surface area contributed by atoms with Crippen molar-refractivity contribution >= 4 is 35.0 Å². The summed E-state index contributed by atoms with van der Waals surface area (Å²) in [6.45, 7) is 2.40. The van der Waals surface area contributed by atoms with Crippen LogP contribution in [0.4, 0.5) is 10.1 Å². The van der Waals surface area contributed by atoms with Crippen LogP contribution >= 0.6 is 12.4 Å². The van der Waals surface area contributed by atoms with Crippen molar-refractivity contribution in [2.75, 3.05) is 31.6 Å². The van der Waals surface area contributed by atoms with Gasteiger partial charge in [-0.15, -0.1) is 12.4 Å². The third-order valence-corrected chi connectivity index (χ3v) is 6.49. The summed E-state index contributed by atoms with van der Waals surface area (Å²) >= 11 is 0. The minimum absolute atomic E-state index is 0. The van der Waals surface area contributed by atoms with Crippen LogP contribution in [0.1, 0.15) is 42.1 Å². The zero-order chi connectivity index (χ0) is 20.3. The zero-order valence-electron chi connectivity index (χ0n) is 16.7. The van der Waals surface area contributed by atoms with Gasteiger partial charge < -0.3 is 24.6 Å². The lowest BCUT2D eigenvalue weighted by atomic mass is 9.94. The van der Waals surface area contributed by atoms with E-state index in [4.69, 9.17) is 4.74 Å². The van der Waals surface area contributed by atoms with Crippen LogP contribution < -0.4 is 20.4 Å². The number of aromatic carboxylic acids is 1.